The largest absolute Gasteiger partial charge is 0.419 e. The Morgan fingerprint density at radius 2 is 1.43 bits per heavy atom. The molecule has 0 spiro atoms. The van der Waals surface area contributed by atoms with Crippen molar-refractivity contribution in [3.05, 3.63) is 35.1 Å². The van der Waals surface area contributed by atoms with Gasteiger partial charge in [0, 0.05) is 6.61 Å². The molecule has 0 heterocycles. The SMILES string of the molecule is CCOC1CCC(C2CCC3CC(c4ccc(C(F)(F)F)c(F)c4)CCC3C2)CC1. The van der Waals surface area contributed by atoms with E-state index >= 15 is 0 Å². The summed E-state index contributed by atoms with van der Waals surface area (Å²) in [4.78, 5) is 0. The molecule has 0 saturated heterocycles. The van der Waals surface area contributed by atoms with Crippen molar-refractivity contribution >= 4 is 0 Å². The molecule has 0 aliphatic heterocycles. The standard InChI is InChI=1S/C25H34F4O/c1-2-30-22-10-7-16(8-11-22)17-3-4-19-14-20(6-5-18(19)13-17)21-9-12-23(24(26)15-21)25(27,28)29/h9,12,15-20,22H,2-8,10-11,13-14H2,1H3. The summed E-state index contributed by atoms with van der Waals surface area (Å²) < 4.78 is 58.4. The minimum absolute atomic E-state index is 0.196. The molecule has 3 aliphatic carbocycles. The first-order valence-corrected chi connectivity index (χ1v) is 11.8. The van der Waals surface area contributed by atoms with Crippen LogP contribution in [0, 0.1) is 29.5 Å². The maximum Gasteiger partial charge on any atom is 0.419 e. The third kappa shape index (κ3) is 4.87. The average Bonchev–Trinajstić information content (AvgIpc) is 2.73. The lowest BCUT2D eigenvalue weighted by atomic mass is 9.60. The van der Waals surface area contributed by atoms with Crippen LogP contribution in [0.25, 0.3) is 0 Å². The minimum Gasteiger partial charge on any atom is -0.379 e. The van der Waals surface area contributed by atoms with Gasteiger partial charge in [0.15, 0.2) is 0 Å². The topological polar surface area (TPSA) is 9.23 Å². The summed E-state index contributed by atoms with van der Waals surface area (Å²) >= 11 is 0. The average molecular weight is 427 g/mol. The predicted octanol–water partition coefficient (Wildman–Crippen LogP) is 7.74. The highest BCUT2D eigenvalue weighted by molar-refractivity contribution is 5.29. The van der Waals surface area contributed by atoms with Gasteiger partial charge in [-0.3, -0.25) is 0 Å². The number of hydrogen-bond donors (Lipinski definition) is 0. The first kappa shape index (κ1) is 22.1. The minimum atomic E-state index is -4.62. The summed E-state index contributed by atoms with van der Waals surface area (Å²) in [6, 6.07) is 3.56. The fourth-order valence-corrected chi connectivity index (χ4v) is 6.63. The van der Waals surface area contributed by atoms with Crippen LogP contribution in [0.5, 0.6) is 0 Å². The van der Waals surface area contributed by atoms with Gasteiger partial charge in [-0.15, -0.1) is 0 Å². The van der Waals surface area contributed by atoms with Crippen molar-refractivity contribution in [2.75, 3.05) is 6.61 Å². The molecule has 4 rings (SSSR count). The summed E-state index contributed by atoms with van der Waals surface area (Å²) in [6.45, 7) is 2.88. The highest BCUT2D eigenvalue weighted by Gasteiger charge is 2.40. The molecule has 3 aliphatic rings. The third-order valence-corrected chi connectivity index (χ3v) is 8.21. The van der Waals surface area contributed by atoms with Crippen LogP contribution in [0.2, 0.25) is 0 Å². The number of hydrogen-bond acceptors (Lipinski definition) is 1. The van der Waals surface area contributed by atoms with Gasteiger partial charge in [-0.1, -0.05) is 6.07 Å². The highest BCUT2D eigenvalue weighted by Crippen LogP contribution is 2.50. The molecule has 4 atom stereocenters. The van der Waals surface area contributed by atoms with E-state index in [1.165, 1.54) is 51.0 Å². The summed E-state index contributed by atoms with van der Waals surface area (Å²) in [5.74, 6) is 2.11. The Bertz CT molecular complexity index is 708. The van der Waals surface area contributed by atoms with E-state index in [2.05, 4.69) is 6.92 Å². The van der Waals surface area contributed by atoms with Crippen molar-refractivity contribution in [3.8, 4) is 0 Å². The Balaban J connectivity index is 1.32. The molecule has 4 unspecified atom stereocenters. The molecule has 168 valence electrons. The van der Waals surface area contributed by atoms with Gasteiger partial charge in [-0.05, 0) is 118 Å². The van der Waals surface area contributed by atoms with E-state index in [9.17, 15) is 17.6 Å². The second kappa shape index (κ2) is 9.18. The Labute approximate surface area is 177 Å². The molecule has 3 saturated carbocycles. The van der Waals surface area contributed by atoms with Gasteiger partial charge in [-0.25, -0.2) is 4.39 Å². The van der Waals surface area contributed by atoms with Gasteiger partial charge in [-0.2, -0.15) is 13.2 Å². The quantitative estimate of drug-likeness (QED) is 0.447. The molecule has 0 amide bonds. The van der Waals surface area contributed by atoms with Crippen LogP contribution in [-0.4, -0.2) is 12.7 Å². The molecule has 1 aromatic carbocycles. The fraction of sp³-hybridized carbons (Fsp3) is 0.760. The van der Waals surface area contributed by atoms with E-state index in [0.717, 1.165) is 61.3 Å². The molecule has 0 bridgehead atoms. The first-order valence-electron chi connectivity index (χ1n) is 11.8. The molecule has 1 aromatic rings. The van der Waals surface area contributed by atoms with Crippen LogP contribution in [0.4, 0.5) is 17.6 Å². The molecule has 3 fully saturated rings. The number of ether oxygens (including phenoxy) is 1. The monoisotopic (exact) mass is 426 g/mol. The number of benzene rings is 1. The van der Waals surface area contributed by atoms with Crippen molar-refractivity contribution in [1.29, 1.82) is 0 Å². The second-order valence-corrected chi connectivity index (χ2v) is 9.83. The molecule has 1 nitrogen and oxygen atoms in total. The molecule has 0 N–H and O–H groups in total. The number of halogens is 4. The van der Waals surface area contributed by atoms with E-state index in [1.54, 1.807) is 0 Å². The zero-order valence-corrected chi connectivity index (χ0v) is 17.9. The van der Waals surface area contributed by atoms with Crippen LogP contribution in [0.3, 0.4) is 0 Å². The van der Waals surface area contributed by atoms with E-state index in [0.29, 0.717) is 12.0 Å². The lowest BCUT2D eigenvalue weighted by molar-refractivity contribution is -0.140. The van der Waals surface area contributed by atoms with E-state index in [1.807, 2.05) is 0 Å². The van der Waals surface area contributed by atoms with Gasteiger partial charge in [0.05, 0.1) is 11.7 Å². The van der Waals surface area contributed by atoms with Crippen LogP contribution < -0.4 is 0 Å². The molecular formula is C25H34F4O. The number of fused-ring (bicyclic) bond motifs is 1. The summed E-state index contributed by atoms with van der Waals surface area (Å²) in [5, 5.41) is 0. The van der Waals surface area contributed by atoms with Gasteiger partial charge in [0.1, 0.15) is 5.82 Å². The molecule has 5 heteroatoms. The lowest BCUT2D eigenvalue weighted by Gasteiger charge is -2.45. The van der Waals surface area contributed by atoms with Gasteiger partial charge >= 0.3 is 6.18 Å². The molecule has 30 heavy (non-hydrogen) atoms. The predicted molar refractivity (Wildman–Crippen MR) is 110 cm³/mol. The first-order chi connectivity index (χ1) is 14.3. The molecular weight excluding hydrogens is 392 g/mol. The van der Waals surface area contributed by atoms with Gasteiger partial charge in [0.25, 0.3) is 0 Å². The highest BCUT2D eigenvalue weighted by atomic mass is 19.4. The lowest BCUT2D eigenvalue weighted by Crippen LogP contribution is -2.35. The summed E-state index contributed by atoms with van der Waals surface area (Å²) in [5.41, 5.74) is -0.408. The van der Waals surface area contributed by atoms with Crippen molar-refractivity contribution < 1.29 is 22.3 Å². The smallest absolute Gasteiger partial charge is 0.379 e. The van der Waals surface area contributed by atoms with Crippen molar-refractivity contribution in [1.82, 2.24) is 0 Å². The number of alkyl halides is 3. The Kier molecular flexibility index (Phi) is 6.76. The Morgan fingerprint density at radius 1 is 0.833 bits per heavy atom. The normalized spacial score (nSPS) is 35.1. The van der Waals surface area contributed by atoms with Crippen LogP contribution in [0.1, 0.15) is 88.2 Å². The maximum absolute atomic E-state index is 14.0. The number of rotatable bonds is 4. The zero-order valence-electron chi connectivity index (χ0n) is 17.9. The summed E-state index contributed by atoms with van der Waals surface area (Å²) in [7, 11) is 0. The van der Waals surface area contributed by atoms with E-state index in [-0.39, 0.29) is 5.92 Å². The Hall–Kier alpha value is -1.10. The second-order valence-electron chi connectivity index (χ2n) is 9.83. The van der Waals surface area contributed by atoms with Crippen LogP contribution >= 0.6 is 0 Å². The van der Waals surface area contributed by atoms with Gasteiger partial charge < -0.3 is 4.74 Å². The Morgan fingerprint density at radius 3 is 2.07 bits per heavy atom. The van der Waals surface area contributed by atoms with Crippen molar-refractivity contribution in [2.45, 2.75) is 89.3 Å². The zero-order chi connectivity index (χ0) is 21.3. The van der Waals surface area contributed by atoms with Crippen molar-refractivity contribution in [3.63, 3.8) is 0 Å². The third-order valence-electron chi connectivity index (χ3n) is 8.21. The molecule has 0 radical (unpaired) electrons. The van der Waals surface area contributed by atoms with Crippen LogP contribution in [-0.2, 0) is 10.9 Å². The van der Waals surface area contributed by atoms with Crippen molar-refractivity contribution in [2.24, 2.45) is 23.7 Å². The summed E-state index contributed by atoms with van der Waals surface area (Å²) in [6.07, 6.45) is 7.72. The van der Waals surface area contributed by atoms with Crippen LogP contribution in [0.15, 0.2) is 18.2 Å². The van der Waals surface area contributed by atoms with E-state index in [4.69, 9.17) is 4.74 Å². The van der Waals surface area contributed by atoms with Gasteiger partial charge in [0.2, 0.25) is 0 Å². The molecule has 0 aromatic heterocycles. The fourth-order valence-electron chi connectivity index (χ4n) is 6.63. The maximum atomic E-state index is 14.0. The van der Waals surface area contributed by atoms with E-state index < -0.39 is 17.6 Å².